The van der Waals surface area contributed by atoms with Crippen molar-refractivity contribution in [3.63, 3.8) is 0 Å². The predicted octanol–water partition coefficient (Wildman–Crippen LogP) is 2.46. The molecule has 2 nitrogen and oxygen atoms in total. The van der Waals surface area contributed by atoms with Crippen molar-refractivity contribution in [1.29, 1.82) is 0 Å². The highest BCUT2D eigenvalue weighted by molar-refractivity contribution is 5.86. The van der Waals surface area contributed by atoms with E-state index < -0.39 is 0 Å². The van der Waals surface area contributed by atoms with Crippen molar-refractivity contribution in [2.75, 3.05) is 13.1 Å². The molecule has 16 heavy (non-hydrogen) atoms. The lowest BCUT2D eigenvalue weighted by atomic mass is 9.92. The Kier molecular flexibility index (Phi) is 2.99. The number of benzene rings is 1. The van der Waals surface area contributed by atoms with Gasteiger partial charge in [0.05, 0.1) is 6.54 Å². The molecule has 1 N–H and O–H groups in total. The van der Waals surface area contributed by atoms with Crippen LogP contribution in [0.15, 0.2) is 11.1 Å². The van der Waals surface area contributed by atoms with Gasteiger partial charge in [0.2, 0.25) is 0 Å². The van der Waals surface area contributed by atoms with Crippen LogP contribution in [0.2, 0.25) is 0 Å². The van der Waals surface area contributed by atoms with Crippen LogP contribution in [0.25, 0.3) is 0 Å². The van der Waals surface area contributed by atoms with Gasteiger partial charge in [0, 0.05) is 13.0 Å². The summed E-state index contributed by atoms with van der Waals surface area (Å²) < 4.78 is 0. The Morgan fingerprint density at radius 2 is 1.88 bits per heavy atom. The van der Waals surface area contributed by atoms with Crippen molar-refractivity contribution in [2.45, 2.75) is 34.1 Å². The minimum absolute atomic E-state index is 0.929. The van der Waals surface area contributed by atoms with Crippen molar-refractivity contribution in [1.82, 2.24) is 5.32 Å². The molecule has 0 fully saturated rings. The maximum absolute atomic E-state index is 4.47. The number of hydrogen-bond donors (Lipinski definition) is 1. The van der Waals surface area contributed by atoms with Crippen LogP contribution in [0.5, 0.6) is 0 Å². The number of nitrogens with zero attached hydrogens (tertiary/aromatic N) is 1. The Morgan fingerprint density at radius 1 is 1.12 bits per heavy atom. The van der Waals surface area contributed by atoms with Gasteiger partial charge in [-0.3, -0.25) is 4.99 Å². The van der Waals surface area contributed by atoms with Gasteiger partial charge in [-0.1, -0.05) is 6.07 Å². The van der Waals surface area contributed by atoms with Crippen LogP contribution in [0.4, 0.5) is 0 Å². The average Bonchev–Trinajstić information content (AvgIpc) is 2.74. The van der Waals surface area contributed by atoms with Crippen molar-refractivity contribution in [3.05, 3.63) is 33.9 Å². The zero-order valence-electron chi connectivity index (χ0n) is 10.6. The first-order valence-electron chi connectivity index (χ1n) is 5.93. The van der Waals surface area contributed by atoms with Gasteiger partial charge in [-0.15, -0.1) is 0 Å². The number of aryl methyl sites for hydroxylation is 2. The second kappa shape index (κ2) is 4.28. The van der Waals surface area contributed by atoms with Crippen LogP contribution in [-0.2, 0) is 6.42 Å². The summed E-state index contributed by atoms with van der Waals surface area (Å²) in [7, 11) is 0. The molecule has 1 aliphatic heterocycles. The van der Waals surface area contributed by atoms with Crippen LogP contribution in [0.3, 0.4) is 0 Å². The van der Waals surface area contributed by atoms with Gasteiger partial charge in [-0.2, -0.15) is 0 Å². The summed E-state index contributed by atoms with van der Waals surface area (Å²) in [4.78, 5) is 4.47. The van der Waals surface area contributed by atoms with Gasteiger partial charge >= 0.3 is 0 Å². The Balaban J connectivity index is 2.36. The van der Waals surface area contributed by atoms with Crippen molar-refractivity contribution in [3.8, 4) is 0 Å². The summed E-state index contributed by atoms with van der Waals surface area (Å²) in [5, 5.41) is 3.34. The summed E-state index contributed by atoms with van der Waals surface area (Å²) in [6.45, 7) is 10.7. The maximum atomic E-state index is 4.47. The molecule has 0 aliphatic carbocycles. The fraction of sp³-hybridized carbons (Fsp3) is 0.500. The van der Waals surface area contributed by atoms with Crippen molar-refractivity contribution < 1.29 is 0 Å². The van der Waals surface area contributed by atoms with Gasteiger partial charge < -0.3 is 5.32 Å². The van der Waals surface area contributed by atoms with Crippen LogP contribution < -0.4 is 5.32 Å². The van der Waals surface area contributed by atoms with E-state index in [-0.39, 0.29) is 0 Å². The first-order valence-corrected chi connectivity index (χ1v) is 5.93. The minimum atomic E-state index is 0.929. The molecule has 1 aromatic rings. The third-order valence-corrected chi connectivity index (χ3v) is 3.60. The molecule has 0 amide bonds. The van der Waals surface area contributed by atoms with E-state index in [1.165, 1.54) is 27.8 Å². The second-order valence-electron chi connectivity index (χ2n) is 4.67. The van der Waals surface area contributed by atoms with E-state index in [0.29, 0.717) is 0 Å². The molecule has 2 rings (SSSR count). The monoisotopic (exact) mass is 216 g/mol. The number of rotatable bonds is 2. The first kappa shape index (κ1) is 11.2. The molecule has 0 aromatic heterocycles. The summed E-state index contributed by atoms with van der Waals surface area (Å²) in [6, 6.07) is 2.28. The molecule has 0 saturated heterocycles. The lowest BCUT2D eigenvalue weighted by Crippen LogP contribution is -2.21. The van der Waals surface area contributed by atoms with Crippen LogP contribution in [-0.4, -0.2) is 18.9 Å². The quantitative estimate of drug-likeness (QED) is 0.807. The topological polar surface area (TPSA) is 24.4 Å². The zero-order valence-corrected chi connectivity index (χ0v) is 10.6. The highest BCUT2D eigenvalue weighted by Crippen LogP contribution is 2.22. The standard InChI is InChI=1S/C14H20N2/c1-9-7-10(2)13(12(4)11(9)3)8-14-15-5-6-16-14/h7H,5-6,8H2,1-4H3,(H,15,16). The molecule has 0 unspecified atom stereocenters. The van der Waals surface area contributed by atoms with Crippen LogP contribution >= 0.6 is 0 Å². The molecule has 0 atom stereocenters. The lowest BCUT2D eigenvalue weighted by Gasteiger charge is -2.15. The van der Waals surface area contributed by atoms with Gasteiger partial charge in [0.1, 0.15) is 5.84 Å². The van der Waals surface area contributed by atoms with E-state index in [1.54, 1.807) is 0 Å². The number of hydrogen-bond acceptors (Lipinski definition) is 2. The molecule has 86 valence electrons. The number of aliphatic imine (C=N–C) groups is 1. The molecule has 1 aliphatic rings. The van der Waals surface area contributed by atoms with Gasteiger partial charge in [0.15, 0.2) is 0 Å². The lowest BCUT2D eigenvalue weighted by molar-refractivity contribution is 0.951. The van der Waals surface area contributed by atoms with Crippen LogP contribution in [0.1, 0.15) is 27.8 Å². The van der Waals surface area contributed by atoms with E-state index in [4.69, 9.17) is 0 Å². The molecule has 0 bridgehead atoms. The predicted molar refractivity (Wildman–Crippen MR) is 69.4 cm³/mol. The normalized spacial score (nSPS) is 14.9. The summed E-state index contributed by atoms with van der Waals surface area (Å²) in [6.07, 6.45) is 0.957. The number of amidine groups is 1. The summed E-state index contributed by atoms with van der Waals surface area (Å²) in [5.41, 5.74) is 7.06. The fourth-order valence-electron chi connectivity index (χ4n) is 2.34. The SMILES string of the molecule is Cc1cc(C)c(CC2=NCCN2)c(C)c1C. The highest BCUT2D eigenvalue weighted by Gasteiger charge is 2.12. The van der Waals surface area contributed by atoms with E-state index in [0.717, 1.165) is 25.3 Å². The van der Waals surface area contributed by atoms with Crippen molar-refractivity contribution >= 4 is 5.84 Å². The molecule has 2 heteroatoms. The second-order valence-corrected chi connectivity index (χ2v) is 4.67. The summed E-state index contributed by atoms with van der Waals surface area (Å²) >= 11 is 0. The fourth-order valence-corrected chi connectivity index (χ4v) is 2.34. The molecule has 1 heterocycles. The third-order valence-electron chi connectivity index (χ3n) is 3.60. The smallest absolute Gasteiger partial charge is 0.101 e. The molecular formula is C14H20N2. The highest BCUT2D eigenvalue weighted by atomic mass is 15.1. The molecular weight excluding hydrogens is 196 g/mol. The van der Waals surface area contributed by atoms with Crippen molar-refractivity contribution in [2.24, 2.45) is 4.99 Å². The largest absolute Gasteiger partial charge is 0.372 e. The Bertz CT molecular complexity index is 445. The number of nitrogens with one attached hydrogen (secondary N) is 1. The minimum Gasteiger partial charge on any atom is -0.372 e. The Morgan fingerprint density at radius 3 is 2.50 bits per heavy atom. The van der Waals surface area contributed by atoms with E-state index in [9.17, 15) is 0 Å². The van der Waals surface area contributed by atoms with Gasteiger partial charge in [0.25, 0.3) is 0 Å². The molecule has 1 aromatic carbocycles. The van der Waals surface area contributed by atoms with Gasteiger partial charge in [-0.25, -0.2) is 0 Å². The van der Waals surface area contributed by atoms with E-state index in [1.807, 2.05) is 0 Å². The Hall–Kier alpha value is -1.31. The van der Waals surface area contributed by atoms with Crippen LogP contribution in [0, 0.1) is 27.7 Å². The molecule has 0 radical (unpaired) electrons. The van der Waals surface area contributed by atoms with E-state index >= 15 is 0 Å². The maximum Gasteiger partial charge on any atom is 0.101 e. The Labute approximate surface area is 97.8 Å². The zero-order chi connectivity index (χ0) is 11.7. The average molecular weight is 216 g/mol. The first-order chi connectivity index (χ1) is 7.59. The molecule has 0 spiro atoms. The third kappa shape index (κ3) is 1.97. The van der Waals surface area contributed by atoms with E-state index in [2.05, 4.69) is 44.1 Å². The van der Waals surface area contributed by atoms with Gasteiger partial charge in [-0.05, 0) is 55.5 Å². The summed E-state index contributed by atoms with van der Waals surface area (Å²) in [5.74, 6) is 1.15. The molecule has 0 saturated carbocycles.